The molecule has 3 rings (SSSR count). The number of carbonyl (C=O) groups excluding carboxylic acids is 3. The van der Waals surface area contributed by atoms with E-state index in [-0.39, 0.29) is 18.7 Å². The fraction of sp³-hybridized carbons (Fsp3) is 0.200. The van der Waals surface area contributed by atoms with Crippen molar-refractivity contribution in [2.45, 2.75) is 18.9 Å². The highest BCUT2D eigenvalue weighted by molar-refractivity contribution is 6.10. The van der Waals surface area contributed by atoms with Crippen molar-refractivity contribution >= 4 is 34.3 Å². The molecule has 1 atom stereocenters. The van der Waals surface area contributed by atoms with Crippen LogP contribution in [0.25, 0.3) is 10.9 Å². The van der Waals surface area contributed by atoms with Crippen LogP contribution in [0.1, 0.15) is 23.2 Å². The maximum absolute atomic E-state index is 12.4. The first-order valence-electron chi connectivity index (χ1n) is 6.84. The van der Waals surface area contributed by atoms with Gasteiger partial charge in [-0.25, -0.2) is 0 Å². The third-order valence-electron chi connectivity index (χ3n) is 3.59. The maximum atomic E-state index is 12.4. The van der Waals surface area contributed by atoms with Gasteiger partial charge in [-0.15, -0.1) is 0 Å². The Labute approximate surface area is 125 Å². The molecule has 7 heteroatoms. The van der Waals surface area contributed by atoms with Crippen LogP contribution in [-0.2, 0) is 9.59 Å². The van der Waals surface area contributed by atoms with Crippen molar-refractivity contribution in [2.75, 3.05) is 5.73 Å². The Kier molecular flexibility index (Phi) is 3.46. The number of nitrogens with two attached hydrogens (primary N) is 1. The lowest BCUT2D eigenvalue weighted by Crippen LogP contribution is -2.52. The van der Waals surface area contributed by atoms with E-state index in [0.717, 1.165) is 0 Å². The smallest absolute Gasteiger partial charge is 0.254 e. The van der Waals surface area contributed by atoms with Gasteiger partial charge in [-0.1, -0.05) is 0 Å². The minimum Gasteiger partial charge on any atom is -0.398 e. The van der Waals surface area contributed by atoms with Crippen LogP contribution in [0.2, 0.25) is 0 Å². The minimum absolute atomic E-state index is 0.206. The molecule has 1 aromatic heterocycles. The largest absolute Gasteiger partial charge is 0.398 e. The zero-order valence-electron chi connectivity index (χ0n) is 11.6. The third kappa shape index (κ3) is 2.48. The van der Waals surface area contributed by atoms with Crippen molar-refractivity contribution in [2.24, 2.45) is 0 Å². The summed E-state index contributed by atoms with van der Waals surface area (Å²) >= 11 is 0. The molecule has 1 saturated heterocycles. The number of nitrogen functional groups attached to an aromatic ring is 1. The zero-order valence-corrected chi connectivity index (χ0v) is 11.6. The lowest BCUT2D eigenvalue weighted by molar-refractivity contribution is -0.134. The number of rotatable bonds is 2. The summed E-state index contributed by atoms with van der Waals surface area (Å²) in [6.45, 7) is 0. The Bertz CT molecular complexity index is 787. The van der Waals surface area contributed by atoms with Gasteiger partial charge in [-0.2, -0.15) is 0 Å². The zero-order chi connectivity index (χ0) is 15.7. The average Bonchev–Trinajstić information content (AvgIpc) is 2.50. The van der Waals surface area contributed by atoms with Gasteiger partial charge in [0.25, 0.3) is 5.91 Å². The lowest BCUT2D eigenvalue weighted by Gasteiger charge is -2.22. The molecule has 1 aliphatic rings. The highest BCUT2D eigenvalue weighted by Crippen LogP contribution is 2.22. The second-order valence-corrected chi connectivity index (χ2v) is 5.08. The molecular formula is C15H14N4O3. The minimum atomic E-state index is -0.721. The fourth-order valence-corrected chi connectivity index (χ4v) is 2.45. The van der Waals surface area contributed by atoms with Crippen molar-refractivity contribution in [1.29, 1.82) is 0 Å². The summed E-state index contributed by atoms with van der Waals surface area (Å²) in [4.78, 5) is 39.4. The van der Waals surface area contributed by atoms with Crippen molar-refractivity contribution < 1.29 is 14.4 Å². The first-order valence-corrected chi connectivity index (χ1v) is 6.84. The van der Waals surface area contributed by atoms with Gasteiger partial charge in [-0.3, -0.25) is 24.7 Å². The molecule has 0 saturated carbocycles. The number of carbonyl (C=O) groups is 3. The van der Waals surface area contributed by atoms with Gasteiger partial charge in [0, 0.05) is 23.7 Å². The molecule has 1 unspecified atom stereocenters. The van der Waals surface area contributed by atoms with Crippen molar-refractivity contribution in [1.82, 2.24) is 15.6 Å². The van der Waals surface area contributed by atoms with Gasteiger partial charge in [-0.05, 0) is 30.7 Å². The summed E-state index contributed by atoms with van der Waals surface area (Å²) in [5, 5.41) is 5.52. The Hall–Kier alpha value is -2.96. The number of amides is 3. The quantitative estimate of drug-likeness (QED) is 0.547. The number of pyridine rings is 1. The van der Waals surface area contributed by atoms with Crippen molar-refractivity contribution in [3.8, 4) is 0 Å². The molecule has 0 bridgehead atoms. The van der Waals surface area contributed by atoms with Gasteiger partial charge in [0.1, 0.15) is 6.04 Å². The molecule has 112 valence electrons. The van der Waals surface area contributed by atoms with E-state index in [1.807, 2.05) is 0 Å². The van der Waals surface area contributed by atoms with Crippen molar-refractivity contribution in [3.05, 3.63) is 36.0 Å². The molecule has 0 aliphatic carbocycles. The standard InChI is InChI=1S/C15H14N4O3/c16-10-4-3-9(13-8(10)2-1-7-17-13)14(21)18-11-5-6-12(20)19-15(11)22/h1-4,7,11H,5-6,16H2,(H,18,21)(H,19,20,22). The van der Waals surface area contributed by atoms with E-state index < -0.39 is 17.9 Å². The molecule has 0 spiro atoms. The number of nitrogens with zero attached hydrogens (tertiary/aromatic N) is 1. The second kappa shape index (κ2) is 5.44. The average molecular weight is 298 g/mol. The number of piperidine rings is 1. The van der Waals surface area contributed by atoms with Crippen LogP contribution in [0.5, 0.6) is 0 Å². The van der Waals surface area contributed by atoms with E-state index >= 15 is 0 Å². The predicted molar refractivity (Wildman–Crippen MR) is 79.8 cm³/mol. The SMILES string of the molecule is Nc1ccc(C(=O)NC2CCC(=O)NC2=O)c2ncccc12. The van der Waals surface area contributed by atoms with Crippen LogP contribution in [0.4, 0.5) is 5.69 Å². The first kappa shape index (κ1) is 14.0. The molecule has 7 nitrogen and oxygen atoms in total. The Balaban J connectivity index is 1.88. The number of hydrogen-bond acceptors (Lipinski definition) is 5. The molecular weight excluding hydrogens is 284 g/mol. The van der Waals surface area contributed by atoms with E-state index in [9.17, 15) is 14.4 Å². The Morgan fingerprint density at radius 1 is 1.32 bits per heavy atom. The summed E-state index contributed by atoms with van der Waals surface area (Å²) in [6.07, 6.45) is 2.07. The number of imide groups is 1. The van der Waals surface area contributed by atoms with Crippen LogP contribution in [0.15, 0.2) is 30.5 Å². The predicted octanol–water partition coefficient (Wildman–Crippen LogP) is 0.352. The molecule has 2 aromatic rings. The number of aromatic nitrogens is 1. The summed E-state index contributed by atoms with van der Waals surface area (Å²) in [6, 6.07) is 6.00. The van der Waals surface area contributed by atoms with Gasteiger partial charge in [0.15, 0.2) is 0 Å². The molecule has 3 amide bonds. The maximum Gasteiger partial charge on any atom is 0.254 e. The Morgan fingerprint density at radius 3 is 2.91 bits per heavy atom. The van der Waals surface area contributed by atoms with Crippen LogP contribution >= 0.6 is 0 Å². The number of nitrogens with one attached hydrogen (secondary N) is 2. The highest BCUT2D eigenvalue weighted by Gasteiger charge is 2.28. The highest BCUT2D eigenvalue weighted by atomic mass is 16.2. The lowest BCUT2D eigenvalue weighted by atomic mass is 10.0. The number of fused-ring (bicyclic) bond motifs is 1. The van der Waals surface area contributed by atoms with Gasteiger partial charge in [0.2, 0.25) is 11.8 Å². The van der Waals surface area contributed by atoms with E-state index in [4.69, 9.17) is 5.73 Å². The van der Waals surface area contributed by atoms with Crippen molar-refractivity contribution in [3.63, 3.8) is 0 Å². The summed E-state index contributed by atoms with van der Waals surface area (Å²) in [5.41, 5.74) is 7.22. The van der Waals surface area contributed by atoms with E-state index in [2.05, 4.69) is 15.6 Å². The van der Waals surface area contributed by atoms with Crippen LogP contribution in [-0.4, -0.2) is 28.7 Å². The van der Waals surface area contributed by atoms with Crippen LogP contribution < -0.4 is 16.4 Å². The fourth-order valence-electron chi connectivity index (χ4n) is 2.45. The summed E-state index contributed by atoms with van der Waals surface area (Å²) in [7, 11) is 0. The second-order valence-electron chi connectivity index (χ2n) is 5.08. The molecule has 1 aromatic carbocycles. The molecule has 0 radical (unpaired) electrons. The van der Waals surface area contributed by atoms with E-state index in [1.165, 1.54) is 0 Å². The number of anilines is 1. The van der Waals surface area contributed by atoms with Gasteiger partial charge < -0.3 is 11.1 Å². The van der Waals surface area contributed by atoms with Gasteiger partial charge in [0.05, 0.1) is 11.1 Å². The first-order chi connectivity index (χ1) is 10.6. The summed E-state index contributed by atoms with van der Waals surface area (Å²) < 4.78 is 0. The topological polar surface area (TPSA) is 114 Å². The van der Waals surface area contributed by atoms with E-state index in [1.54, 1.807) is 30.5 Å². The Morgan fingerprint density at radius 2 is 2.14 bits per heavy atom. The van der Waals surface area contributed by atoms with Gasteiger partial charge >= 0.3 is 0 Å². The van der Waals surface area contributed by atoms with Crippen LogP contribution in [0.3, 0.4) is 0 Å². The molecule has 1 aliphatic heterocycles. The third-order valence-corrected chi connectivity index (χ3v) is 3.59. The number of hydrogen-bond donors (Lipinski definition) is 3. The normalized spacial score (nSPS) is 18.1. The molecule has 22 heavy (non-hydrogen) atoms. The van der Waals surface area contributed by atoms with Crippen LogP contribution in [0, 0.1) is 0 Å². The summed E-state index contributed by atoms with van der Waals surface area (Å²) in [5.74, 6) is -1.23. The monoisotopic (exact) mass is 298 g/mol. The van der Waals surface area contributed by atoms with E-state index in [0.29, 0.717) is 22.2 Å². The number of benzene rings is 1. The molecule has 2 heterocycles. The molecule has 1 fully saturated rings. The molecule has 4 N–H and O–H groups in total.